The third-order valence-electron chi connectivity index (χ3n) is 10.9. The minimum Gasteiger partial charge on any atom is -0.456 e. The van der Waals surface area contributed by atoms with Gasteiger partial charge in [-0.25, -0.2) is 4.99 Å². The Morgan fingerprint density at radius 3 is 1.79 bits per heavy atom. The predicted molar refractivity (Wildman–Crippen MR) is 228 cm³/mol. The molecule has 2 aromatic heterocycles. The number of fused-ring (bicyclic) bond motifs is 6. The monoisotopic (exact) mass is 721 g/mol. The molecule has 3 heterocycles. The summed E-state index contributed by atoms with van der Waals surface area (Å²) in [7, 11) is 0. The summed E-state index contributed by atoms with van der Waals surface area (Å²) in [6.07, 6.45) is -0.697. The van der Waals surface area contributed by atoms with Gasteiger partial charge in [-0.05, 0) is 87.0 Å². The fraction of sp³-hybridized carbons (Fsp3) is 0.0392. The number of hydrogen-bond acceptors (Lipinski definition) is 5. The number of benzene rings is 8. The molecule has 5 heteroatoms. The van der Waals surface area contributed by atoms with Crippen LogP contribution >= 0.6 is 0 Å². The van der Waals surface area contributed by atoms with E-state index in [4.69, 9.17) is 13.8 Å². The number of rotatable bonds is 6. The number of hydrogen-bond donors (Lipinski definition) is 2. The highest BCUT2D eigenvalue weighted by atomic mass is 16.3. The van der Waals surface area contributed by atoms with E-state index < -0.39 is 6.17 Å². The summed E-state index contributed by atoms with van der Waals surface area (Å²) in [4.78, 5) is 5.40. The zero-order valence-electron chi connectivity index (χ0n) is 30.3. The van der Waals surface area contributed by atoms with Gasteiger partial charge in [0.05, 0.1) is 5.56 Å². The molecule has 0 spiro atoms. The van der Waals surface area contributed by atoms with Crippen molar-refractivity contribution >= 4 is 49.7 Å². The molecule has 2 unspecified atom stereocenters. The summed E-state index contributed by atoms with van der Waals surface area (Å²) >= 11 is 0. The highest BCUT2D eigenvalue weighted by Crippen LogP contribution is 2.39. The van der Waals surface area contributed by atoms with Crippen molar-refractivity contribution < 1.29 is 8.83 Å². The van der Waals surface area contributed by atoms with E-state index in [1.165, 1.54) is 0 Å². The molecule has 0 fully saturated rings. The molecule has 1 aliphatic rings. The van der Waals surface area contributed by atoms with Crippen molar-refractivity contribution in [1.82, 2.24) is 10.6 Å². The smallest absolute Gasteiger partial charge is 0.146 e. The van der Waals surface area contributed by atoms with Crippen LogP contribution in [0.2, 0.25) is 0 Å². The minimum atomic E-state index is -0.400. The summed E-state index contributed by atoms with van der Waals surface area (Å²) in [5, 5.41) is 12.0. The van der Waals surface area contributed by atoms with Crippen LogP contribution < -0.4 is 10.6 Å². The molecule has 266 valence electrons. The lowest BCUT2D eigenvalue weighted by Gasteiger charge is -2.32. The van der Waals surface area contributed by atoms with E-state index in [1.807, 2.05) is 18.2 Å². The van der Waals surface area contributed by atoms with Crippen LogP contribution in [0.25, 0.3) is 77.3 Å². The molecule has 5 nitrogen and oxygen atoms in total. The van der Waals surface area contributed by atoms with Crippen molar-refractivity contribution in [3.63, 3.8) is 0 Å². The van der Waals surface area contributed by atoms with Crippen LogP contribution in [0.4, 0.5) is 0 Å². The van der Waals surface area contributed by atoms with E-state index in [2.05, 4.69) is 180 Å². The van der Waals surface area contributed by atoms with Crippen molar-refractivity contribution in [3.8, 4) is 33.4 Å². The van der Waals surface area contributed by atoms with Crippen molar-refractivity contribution in [1.29, 1.82) is 0 Å². The van der Waals surface area contributed by atoms with Crippen molar-refractivity contribution in [3.05, 3.63) is 205 Å². The van der Waals surface area contributed by atoms with Crippen molar-refractivity contribution in [2.75, 3.05) is 0 Å². The van der Waals surface area contributed by atoms with Gasteiger partial charge in [0.15, 0.2) is 0 Å². The zero-order valence-corrected chi connectivity index (χ0v) is 30.3. The highest BCUT2D eigenvalue weighted by Gasteiger charge is 2.29. The van der Waals surface area contributed by atoms with Gasteiger partial charge in [0.25, 0.3) is 0 Å². The molecule has 0 aliphatic carbocycles. The van der Waals surface area contributed by atoms with Gasteiger partial charge < -0.3 is 14.2 Å². The Balaban J connectivity index is 1.08. The Morgan fingerprint density at radius 2 is 1.04 bits per heavy atom. The molecular weight excluding hydrogens is 687 g/mol. The standard InChI is InChI=1S/C51H35N3O2/c1-4-14-32(15-5-1)36-28-37(33-16-6-2-7-17-33)30-38(29-36)50-52-49(53-51(54-50)43-23-12-22-41-40-20-10-11-24-44(40)56-48(41)43)35-26-27-42-46(31-35)55-45-25-13-21-39(47(42)45)34-18-8-3-9-19-34/h1-31,49-50,52H,(H,53,54). The van der Waals surface area contributed by atoms with Gasteiger partial charge in [-0.3, -0.25) is 5.32 Å². The second-order valence-electron chi connectivity index (χ2n) is 14.4. The average Bonchev–Trinajstić information content (AvgIpc) is 3.85. The van der Waals surface area contributed by atoms with Crippen LogP contribution in [-0.4, -0.2) is 5.84 Å². The van der Waals surface area contributed by atoms with E-state index in [-0.39, 0.29) is 6.17 Å². The predicted octanol–water partition coefficient (Wildman–Crippen LogP) is 12.8. The first kappa shape index (κ1) is 32.2. The molecule has 1 aliphatic heterocycles. The van der Waals surface area contributed by atoms with E-state index >= 15 is 0 Å². The average molecular weight is 722 g/mol. The van der Waals surface area contributed by atoms with Crippen LogP contribution in [0.5, 0.6) is 0 Å². The first-order valence-electron chi connectivity index (χ1n) is 19.0. The molecule has 0 saturated carbocycles. The van der Waals surface area contributed by atoms with E-state index in [0.29, 0.717) is 0 Å². The molecular formula is C51H35N3O2. The summed E-state index contributed by atoms with van der Waals surface area (Å²) < 4.78 is 13.1. The molecule has 10 aromatic rings. The van der Waals surface area contributed by atoms with Gasteiger partial charge >= 0.3 is 0 Å². The van der Waals surface area contributed by atoms with Gasteiger partial charge in [0.2, 0.25) is 0 Å². The molecule has 0 radical (unpaired) electrons. The Morgan fingerprint density at radius 1 is 0.411 bits per heavy atom. The fourth-order valence-electron chi connectivity index (χ4n) is 8.25. The van der Waals surface area contributed by atoms with Gasteiger partial charge in [0.1, 0.15) is 40.5 Å². The van der Waals surface area contributed by atoms with Gasteiger partial charge in [-0.2, -0.15) is 0 Å². The molecule has 11 rings (SSSR count). The number of para-hydroxylation sites is 2. The second kappa shape index (κ2) is 13.3. The van der Waals surface area contributed by atoms with E-state index in [1.54, 1.807) is 0 Å². The third kappa shape index (κ3) is 5.56. The lowest BCUT2D eigenvalue weighted by molar-refractivity contribution is 0.409. The largest absolute Gasteiger partial charge is 0.456 e. The number of amidine groups is 1. The molecule has 2 atom stereocenters. The zero-order chi connectivity index (χ0) is 37.0. The molecule has 0 amide bonds. The number of nitrogens with zero attached hydrogens (tertiary/aromatic N) is 1. The minimum absolute atomic E-state index is 0.297. The topological polar surface area (TPSA) is 62.7 Å². The maximum absolute atomic E-state index is 6.58. The summed E-state index contributed by atoms with van der Waals surface area (Å²) in [5.41, 5.74) is 13.3. The number of furan rings is 2. The van der Waals surface area contributed by atoms with Crippen LogP contribution in [0.1, 0.15) is 29.0 Å². The first-order chi connectivity index (χ1) is 27.7. The number of aliphatic imine (C=N–C) groups is 1. The van der Waals surface area contributed by atoms with Crippen LogP contribution in [0.15, 0.2) is 202 Å². The Hall–Kier alpha value is -7.21. The first-order valence-corrected chi connectivity index (χ1v) is 19.0. The number of nitrogens with one attached hydrogen (secondary N) is 2. The molecule has 0 saturated heterocycles. The Kier molecular flexibility index (Phi) is 7.64. The lowest BCUT2D eigenvalue weighted by atomic mass is 9.94. The maximum Gasteiger partial charge on any atom is 0.146 e. The Labute approximate surface area is 323 Å². The van der Waals surface area contributed by atoms with Gasteiger partial charge in [0, 0.05) is 21.5 Å². The summed E-state index contributed by atoms with van der Waals surface area (Å²) in [6, 6.07) is 65.8. The van der Waals surface area contributed by atoms with Crippen molar-refractivity contribution in [2.45, 2.75) is 12.3 Å². The summed E-state index contributed by atoms with van der Waals surface area (Å²) in [6.45, 7) is 0. The van der Waals surface area contributed by atoms with Gasteiger partial charge in [-0.15, -0.1) is 0 Å². The van der Waals surface area contributed by atoms with Crippen molar-refractivity contribution in [2.24, 2.45) is 4.99 Å². The van der Waals surface area contributed by atoms with Gasteiger partial charge in [-0.1, -0.05) is 146 Å². The quantitative estimate of drug-likeness (QED) is 0.179. The fourth-order valence-corrected chi connectivity index (χ4v) is 8.25. The second-order valence-corrected chi connectivity index (χ2v) is 14.4. The molecule has 56 heavy (non-hydrogen) atoms. The third-order valence-corrected chi connectivity index (χ3v) is 10.9. The molecule has 8 aromatic carbocycles. The normalized spacial score (nSPS) is 15.7. The highest BCUT2D eigenvalue weighted by molar-refractivity contribution is 6.15. The molecule has 0 bridgehead atoms. The van der Waals surface area contributed by atoms with Crippen LogP contribution in [-0.2, 0) is 0 Å². The van der Waals surface area contributed by atoms with E-state index in [0.717, 1.165) is 99.8 Å². The maximum atomic E-state index is 6.58. The Bertz CT molecular complexity index is 3030. The van der Waals surface area contributed by atoms with Crippen LogP contribution in [0.3, 0.4) is 0 Å². The lowest BCUT2D eigenvalue weighted by Crippen LogP contribution is -2.45. The van der Waals surface area contributed by atoms with Crippen LogP contribution in [0, 0.1) is 0 Å². The van der Waals surface area contributed by atoms with E-state index in [9.17, 15) is 0 Å². The summed E-state index contributed by atoms with van der Waals surface area (Å²) in [5.74, 6) is 0.755. The molecule has 2 N–H and O–H groups in total. The SMILES string of the molecule is c1ccc(-c2cc(-c3ccccc3)cc(C3NC(c4cccc5c4oc4ccccc45)=NC(c4ccc5c(c4)oc4cccc(-c6ccccc6)c45)N3)c2)cc1.